The lowest BCUT2D eigenvalue weighted by Gasteiger charge is -2.09. The zero-order valence-corrected chi connectivity index (χ0v) is 16.6. The number of nitrogens with one attached hydrogen (secondary N) is 2. The Morgan fingerprint density at radius 1 is 1.27 bits per heavy atom. The van der Waals surface area contributed by atoms with Crippen LogP contribution in [0.3, 0.4) is 0 Å². The van der Waals surface area contributed by atoms with Crippen LogP contribution in [-0.4, -0.2) is 32.3 Å². The normalized spacial score (nSPS) is 10.7. The highest BCUT2D eigenvalue weighted by atomic mass is 32.1. The maximum atomic E-state index is 13.0. The van der Waals surface area contributed by atoms with Crippen molar-refractivity contribution in [3.05, 3.63) is 75.8 Å². The first-order valence-electron chi connectivity index (χ1n) is 8.88. The molecular weight excluding hydrogens is 409 g/mol. The summed E-state index contributed by atoms with van der Waals surface area (Å²) in [7, 11) is 0. The summed E-state index contributed by atoms with van der Waals surface area (Å²) in [5, 5.41) is 9.11. The van der Waals surface area contributed by atoms with Gasteiger partial charge in [-0.05, 0) is 42.6 Å². The van der Waals surface area contributed by atoms with Gasteiger partial charge in [-0.3, -0.25) is 14.6 Å². The van der Waals surface area contributed by atoms with Crippen LogP contribution < -0.4 is 15.6 Å². The molecule has 0 unspecified atom stereocenters. The molecule has 10 heteroatoms. The number of aromatic amines is 1. The van der Waals surface area contributed by atoms with Gasteiger partial charge in [-0.2, -0.15) is 9.78 Å². The number of hydrogen-bond acceptors (Lipinski definition) is 6. The molecular formula is C20H16FN5O3S. The van der Waals surface area contributed by atoms with Gasteiger partial charge in [-0.15, -0.1) is 11.3 Å². The number of ether oxygens (including phenoxy) is 1. The molecule has 0 spiro atoms. The minimum absolute atomic E-state index is 0.178. The Kier molecular flexibility index (Phi) is 5.40. The van der Waals surface area contributed by atoms with Crippen LogP contribution in [0.5, 0.6) is 5.75 Å². The minimum atomic E-state index is -0.451. The van der Waals surface area contributed by atoms with E-state index in [1.807, 2.05) is 17.5 Å². The third kappa shape index (κ3) is 4.44. The van der Waals surface area contributed by atoms with Gasteiger partial charge in [0.05, 0.1) is 4.88 Å². The highest BCUT2D eigenvalue weighted by Gasteiger charge is 2.16. The van der Waals surface area contributed by atoms with Gasteiger partial charge < -0.3 is 10.1 Å². The van der Waals surface area contributed by atoms with Gasteiger partial charge in [0.25, 0.3) is 11.5 Å². The standard InChI is InChI=1S/C20H16FN5O3S/c1-12-9-18(27)24-20(22-12)26-17(10-15(25-26)16-3-2-8-30-16)23-19(28)11-29-14-6-4-13(21)5-7-14/h2-10H,11H2,1H3,(H,23,28)(H,22,24,27). The van der Waals surface area contributed by atoms with Crippen LogP contribution in [0.2, 0.25) is 0 Å². The second kappa shape index (κ2) is 8.29. The lowest BCUT2D eigenvalue weighted by molar-refractivity contribution is -0.118. The molecule has 3 aromatic heterocycles. The van der Waals surface area contributed by atoms with Gasteiger partial charge in [-0.1, -0.05) is 6.07 Å². The van der Waals surface area contributed by atoms with E-state index >= 15 is 0 Å². The van der Waals surface area contributed by atoms with E-state index in [0.29, 0.717) is 23.0 Å². The predicted octanol–water partition coefficient (Wildman–Crippen LogP) is 3.15. The summed E-state index contributed by atoms with van der Waals surface area (Å²) in [5.74, 6) is 0.0195. The maximum Gasteiger partial charge on any atom is 0.263 e. The van der Waals surface area contributed by atoms with Crippen molar-refractivity contribution in [3.63, 3.8) is 0 Å². The third-order valence-electron chi connectivity index (χ3n) is 3.99. The van der Waals surface area contributed by atoms with Gasteiger partial charge >= 0.3 is 0 Å². The Hall–Kier alpha value is -3.79. The predicted molar refractivity (Wildman–Crippen MR) is 111 cm³/mol. The fraction of sp³-hybridized carbons (Fsp3) is 0.100. The van der Waals surface area contributed by atoms with Crippen LogP contribution in [-0.2, 0) is 4.79 Å². The molecule has 0 aliphatic carbocycles. The zero-order valence-electron chi connectivity index (χ0n) is 15.8. The van der Waals surface area contributed by atoms with E-state index in [1.54, 1.807) is 13.0 Å². The van der Waals surface area contributed by atoms with Crippen LogP contribution in [0.4, 0.5) is 10.2 Å². The second-order valence-corrected chi connectivity index (χ2v) is 7.25. The molecule has 1 aromatic carbocycles. The lowest BCUT2D eigenvalue weighted by atomic mass is 10.3. The number of amides is 1. The van der Waals surface area contributed by atoms with Gasteiger partial charge in [0.15, 0.2) is 6.61 Å². The molecule has 0 aliphatic heterocycles. The van der Waals surface area contributed by atoms with E-state index in [4.69, 9.17) is 4.74 Å². The molecule has 0 bridgehead atoms. The Morgan fingerprint density at radius 2 is 2.07 bits per heavy atom. The number of benzene rings is 1. The fourth-order valence-corrected chi connectivity index (χ4v) is 3.38. The van der Waals surface area contributed by atoms with E-state index < -0.39 is 11.7 Å². The van der Waals surface area contributed by atoms with Gasteiger partial charge in [0.1, 0.15) is 23.1 Å². The number of aromatic nitrogens is 4. The number of thiophene rings is 1. The number of aryl methyl sites for hydroxylation is 1. The monoisotopic (exact) mass is 425 g/mol. The summed E-state index contributed by atoms with van der Waals surface area (Å²) in [6.45, 7) is 1.40. The van der Waals surface area contributed by atoms with Crippen molar-refractivity contribution < 1.29 is 13.9 Å². The van der Waals surface area contributed by atoms with Gasteiger partial charge in [0, 0.05) is 17.8 Å². The number of carbonyl (C=O) groups is 1. The highest BCUT2D eigenvalue weighted by Crippen LogP contribution is 2.27. The first-order valence-corrected chi connectivity index (χ1v) is 9.76. The van der Waals surface area contributed by atoms with E-state index in [2.05, 4.69) is 20.4 Å². The van der Waals surface area contributed by atoms with Crippen LogP contribution in [0, 0.1) is 12.7 Å². The van der Waals surface area contributed by atoms with Gasteiger partial charge in [-0.25, -0.2) is 9.37 Å². The lowest BCUT2D eigenvalue weighted by Crippen LogP contribution is -2.23. The Morgan fingerprint density at radius 3 is 2.77 bits per heavy atom. The van der Waals surface area contributed by atoms with Crippen LogP contribution in [0.1, 0.15) is 5.69 Å². The van der Waals surface area contributed by atoms with Crippen LogP contribution in [0.15, 0.2) is 58.7 Å². The Balaban J connectivity index is 1.60. The second-order valence-electron chi connectivity index (χ2n) is 6.31. The molecule has 0 atom stereocenters. The molecule has 1 amide bonds. The number of rotatable bonds is 6. The molecule has 2 N–H and O–H groups in total. The number of hydrogen-bond donors (Lipinski definition) is 2. The number of nitrogens with zero attached hydrogens (tertiary/aromatic N) is 3. The Bertz CT molecular complexity index is 1230. The molecule has 0 radical (unpaired) electrons. The minimum Gasteiger partial charge on any atom is -0.484 e. The van der Waals surface area contributed by atoms with Crippen molar-refractivity contribution in [3.8, 4) is 22.3 Å². The summed E-state index contributed by atoms with van der Waals surface area (Å²) < 4.78 is 19.7. The Labute approximate surface area is 174 Å². The SMILES string of the molecule is Cc1cc(=O)[nH]c(-n2nc(-c3cccs3)cc2NC(=O)COc2ccc(F)cc2)n1. The van der Waals surface area contributed by atoms with E-state index in [-0.39, 0.29) is 18.1 Å². The molecule has 0 saturated carbocycles. The summed E-state index contributed by atoms with van der Waals surface area (Å²) in [6, 6.07) is 12.2. The molecule has 8 nitrogen and oxygen atoms in total. The topological polar surface area (TPSA) is 102 Å². The molecule has 4 rings (SSSR count). The molecule has 0 fully saturated rings. The number of carbonyl (C=O) groups excluding carboxylic acids is 1. The maximum absolute atomic E-state index is 13.0. The smallest absolute Gasteiger partial charge is 0.263 e. The fourth-order valence-electron chi connectivity index (χ4n) is 2.70. The van der Waals surface area contributed by atoms with Crippen molar-refractivity contribution in [2.24, 2.45) is 0 Å². The van der Waals surface area contributed by atoms with Crippen LogP contribution in [0.25, 0.3) is 16.5 Å². The number of halogens is 1. The van der Waals surface area contributed by atoms with Crippen molar-refractivity contribution in [2.75, 3.05) is 11.9 Å². The summed E-state index contributed by atoms with van der Waals surface area (Å²) in [4.78, 5) is 32.1. The summed E-state index contributed by atoms with van der Waals surface area (Å²) >= 11 is 1.49. The first-order chi connectivity index (χ1) is 14.5. The zero-order chi connectivity index (χ0) is 21.1. The van der Waals surface area contributed by atoms with E-state index in [9.17, 15) is 14.0 Å². The third-order valence-corrected chi connectivity index (χ3v) is 4.88. The van der Waals surface area contributed by atoms with Crippen molar-refractivity contribution in [2.45, 2.75) is 6.92 Å². The highest BCUT2D eigenvalue weighted by molar-refractivity contribution is 7.13. The first kappa shape index (κ1) is 19.5. The number of H-pyrrole nitrogens is 1. The summed E-state index contributed by atoms with van der Waals surface area (Å²) in [5.41, 5.74) is 0.797. The van der Waals surface area contributed by atoms with Crippen molar-refractivity contribution >= 4 is 23.1 Å². The van der Waals surface area contributed by atoms with Crippen molar-refractivity contribution in [1.29, 1.82) is 0 Å². The van der Waals surface area contributed by atoms with Crippen molar-refractivity contribution in [1.82, 2.24) is 19.7 Å². The molecule has 3 heterocycles. The average molecular weight is 425 g/mol. The molecule has 152 valence electrons. The van der Waals surface area contributed by atoms with Crippen LogP contribution >= 0.6 is 11.3 Å². The van der Waals surface area contributed by atoms with Gasteiger partial charge in [0.2, 0.25) is 5.95 Å². The number of anilines is 1. The molecule has 30 heavy (non-hydrogen) atoms. The summed E-state index contributed by atoms with van der Waals surface area (Å²) in [6.07, 6.45) is 0. The largest absolute Gasteiger partial charge is 0.484 e. The molecule has 0 saturated heterocycles. The molecule has 0 aliphatic rings. The average Bonchev–Trinajstić information content (AvgIpc) is 3.37. The van der Waals surface area contributed by atoms with E-state index in [1.165, 1.54) is 46.4 Å². The quantitative estimate of drug-likeness (QED) is 0.494. The van der Waals surface area contributed by atoms with E-state index in [0.717, 1.165) is 4.88 Å². The molecule has 4 aromatic rings.